The van der Waals surface area contributed by atoms with Crippen LogP contribution >= 0.6 is 27.3 Å². The number of aromatic nitrogens is 5. The van der Waals surface area contributed by atoms with E-state index in [1.807, 2.05) is 36.6 Å². The first-order valence-electron chi connectivity index (χ1n) is 7.48. The molecule has 9 heteroatoms. The van der Waals surface area contributed by atoms with Crippen LogP contribution in [0.4, 0.5) is 11.6 Å². The quantitative estimate of drug-likeness (QED) is 0.497. The Bertz CT molecular complexity index is 1090. The largest absolute Gasteiger partial charge is 0.399 e. The average molecular weight is 416 g/mol. The molecule has 1 aromatic carbocycles. The van der Waals surface area contributed by atoms with Gasteiger partial charge in [-0.2, -0.15) is 4.98 Å². The fourth-order valence-corrected chi connectivity index (χ4v) is 4.16. The summed E-state index contributed by atoms with van der Waals surface area (Å²) >= 11 is 5.09. The van der Waals surface area contributed by atoms with Gasteiger partial charge in [-0.05, 0) is 51.5 Å². The predicted molar refractivity (Wildman–Crippen MR) is 103 cm³/mol. The Morgan fingerprint density at radius 1 is 1.20 bits per heavy atom. The lowest BCUT2D eigenvalue weighted by Crippen LogP contribution is -2.05. The highest BCUT2D eigenvalue weighted by atomic mass is 79.9. The molecule has 0 aliphatic heterocycles. The van der Waals surface area contributed by atoms with Gasteiger partial charge in [0.2, 0.25) is 5.95 Å². The Kier molecular flexibility index (Phi) is 3.89. The van der Waals surface area contributed by atoms with Crippen molar-refractivity contribution >= 4 is 50.1 Å². The van der Waals surface area contributed by atoms with E-state index in [2.05, 4.69) is 36.2 Å². The monoisotopic (exact) mass is 415 g/mol. The van der Waals surface area contributed by atoms with Crippen LogP contribution in [0, 0.1) is 6.92 Å². The lowest BCUT2D eigenvalue weighted by molar-refractivity contribution is 0.664. The molecule has 7 nitrogen and oxygen atoms in total. The Hall–Kier alpha value is -2.52. The molecule has 0 unspecified atom stereocenters. The summed E-state index contributed by atoms with van der Waals surface area (Å²) in [6, 6.07) is 7.86. The van der Waals surface area contributed by atoms with Gasteiger partial charge >= 0.3 is 0 Å². The van der Waals surface area contributed by atoms with Crippen LogP contribution in [0.2, 0.25) is 0 Å². The Balaban J connectivity index is 1.83. The third kappa shape index (κ3) is 2.85. The van der Waals surface area contributed by atoms with Crippen molar-refractivity contribution in [3.05, 3.63) is 45.2 Å². The highest BCUT2D eigenvalue weighted by Gasteiger charge is 2.18. The molecule has 0 atom stereocenters. The molecule has 3 heterocycles. The number of fused-ring (bicyclic) bond motifs is 1. The zero-order valence-corrected chi connectivity index (χ0v) is 15.7. The van der Waals surface area contributed by atoms with Crippen molar-refractivity contribution in [2.75, 3.05) is 11.5 Å². The number of rotatable bonds is 3. The Morgan fingerprint density at radius 3 is 2.76 bits per heavy atom. The molecule has 0 amide bonds. The molecular formula is C16H14BrN7S. The molecule has 0 saturated heterocycles. The molecular weight excluding hydrogens is 402 g/mol. The summed E-state index contributed by atoms with van der Waals surface area (Å²) in [7, 11) is 0. The smallest absolute Gasteiger partial charge is 0.222 e. The number of hydrogen-bond acceptors (Lipinski definition) is 7. The minimum Gasteiger partial charge on any atom is -0.399 e. The van der Waals surface area contributed by atoms with Crippen molar-refractivity contribution in [2.24, 2.45) is 0 Å². The number of thiophene rings is 1. The second-order valence-corrected chi connectivity index (χ2v) is 7.41. The van der Waals surface area contributed by atoms with Crippen LogP contribution in [0.15, 0.2) is 34.1 Å². The van der Waals surface area contributed by atoms with Gasteiger partial charge in [-0.3, -0.25) is 0 Å². The first-order chi connectivity index (χ1) is 12.0. The van der Waals surface area contributed by atoms with Gasteiger partial charge in [0, 0.05) is 10.2 Å². The molecule has 0 bridgehead atoms. The van der Waals surface area contributed by atoms with E-state index in [9.17, 15) is 0 Å². The normalized spacial score (nSPS) is 11.3. The number of anilines is 2. The molecule has 25 heavy (non-hydrogen) atoms. The Morgan fingerprint density at radius 2 is 2.04 bits per heavy atom. The summed E-state index contributed by atoms with van der Waals surface area (Å²) in [6.45, 7) is 2.50. The van der Waals surface area contributed by atoms with E-state index in [0.717, 1.165) is 26.2 Å². The molecule has 3 aromatic heterocycles. The number of aryl methyl sites for hydroxylation is 1. The maximum Gasteiger partial charge on any atom is 0.222 e. The summed E-state index contributed by atoms with van der Waals surface area (Å²) in [5.41, 5.74) is 16.6. The summed E-state index contributed by atoms with van der Waals surface area (Å²) < 4.78 is 2.67. The minimum absolute atomic E-state index is 0.194. The van der Waals surface area contributed by atoms with E-state index in [-0.39, 0.29) is 5.95 Å². The van der Waals surface area contributed by atoms with Crippen LogP contribution in [0.3, 0.4) is 0 Å². The van der Waals surface area contributed by atoms with Gasteiger partial charge in [-0.1, -0.05) is 17.3 Å². The van der Waals surface area contributed by atoms with Crippen molar-refractivity contribution in [3.8, 4) is 10.6 Å². The van der Waals surface area contributed by atoms with Gasteiger partial charge < -0.3 is 11.5 Å². The van der Waals surface area contributed by atoms with Gasteiger partial charge in [-0.15, -0.1) is 16.4 Å². The highest BCUT2D eigenvalue weighted by molar-refractivity contribution is 9.10. The molecule has 0 aliphatic carbocycles. The highest BCUT2D eigenvalue weighted by Crippen LogP contribution is 2.35. The van der Waals surface area contributed by atoms with Crippen LogP contribution in [0.1, 0.15) is 11.1 Å². The number of halogens is 1. The fraction of sp³-hybridized carbons (Fsp3) is 0.125. The SMILES string of the molecule is Cc1cc(Cn2nnc3c(-c4sccc4Br)nc(N)nc32)ccc1N. The first-order valence-corrected chi connectivity index (χ1v) is 9.15. The molecule has 0 aliphatic rings. The molecule has 0 radical (unpaired) electrons. The van der Waals surface area contributed by atoms with Gasteiger partial charge in [0.25, 0.3) is 0 Å². The molecule has 0 fully saturated rings. The van der Waals surface area contributed by atoms with E-state index in [0.29, 0.717) is 23.4 Å². The van der Waals surface area contributed by atoms with Crippen LogP contribution in [0.25, 0.3) is 21.7 Å². The molecule has 4 rings (SSSR count). The maximum absolute atomic E-state index is 5.93. The van der Waals surface area contributed by atoms with E-state index < -0.39 is 0 Å². The van der Waals surface area contributed by atoms with Gasteiger partial charge in [0.05, 0.1) is 11.4 Å². The molecule has 0 saturated carbocycles. The lowest BCUT2D eigenvalue weighted by Gasteiger charge is -2.06. The number of nitrogens with zero attached hydrogens (tertiary/aromatic N) is 5. The van der Waals surface area contributed by atoms with Crippen LogP contribution in [-0.2, 0) is 6.54 Å². The predicted octanol–water partition coefficient (Wildman–Crippen LogP) is 3.23. The third-order valence-corrected chi connectivity index (χ3v) is 5.72. The number of nitrogens with two attached hydrogens (primary N) is 2. The van der Waals surface area contributed by atoms with Crippen molar-refractivity contribution < 1.29 is 0 Å². The molecule has 0 spiro atoms. The topological polar surface area (TPSA) is 109 Å². The van der Waals surface area contributed by atoms with E-state index in [1.54, 1.807) is 16.0 Å². The second kappa shape index (κ2) is 6.08. The van der Waals surface area contributed by atoms with E-state index in [1.165, 1.54) is 0 Å². The summed E-state index contributed by atoms with van der Waals surface area (Å²) in [4.78, 5) is 9.66. The van der Waals surface area contributed by atoms with Crippen LogP contribution < -0.4 is 11.5 Å². The van der Waals surface area contributed by atoms with E-state index in [4.69, 9.17) is 11.5 Å². The third-order valence-electron chi connectivity index (χ3n) is 3.88. The minimum atomic E-state index is 0.194. The lowest BCUT2D eigenvalue weighted by atomic mass is 10.1. The van der Waals surface area contributed by atoms with Crippen molar-refractivity contribution in [2.45, 2.75) is 13.5 Å². The van der Waals surface area contributed by atoms with Crippen LogP contribution in [0.5, 0.6) is 0 Å². The standard InChI is InChI=1S/C16H14BrN7S/c1-8-6-9(2-3-11(8)18)7-24-15-13(22-23-24)12(20-16(19)21-15)14-10(17)4-5-25-14/h2-6H,7,18H2,1H3,(H2,19,20,21). The number of benzene rings is 1. The van der Waals surface area contributed by atoms with Crippen molar-refractivity contribution in [3.63, 3.8) is 0 Å². The van der Waals surface area contributed by atoms with Gasteiger partial charge in [0.1, 0.15) is 5.69 Å². The number of nitrogen functional groups attached to an aromatic ring is 2. The number of hydrogen-bond donors (Lipinski definition) is 2. The second-order valence-electron chi connectivity index (χ2n) is 5.64. The molecule has 4 N–H and O–H groups in total. The summed E-state index contributed by atoms with van der Waals surface area (Å²) in [5, 5.41) is 10.5. The first kappa shape index (κ1) is 16.0. The van der Waals surface area contributed by atoms with Crippen molar-refractivity contribution in [1.29, 1.82) is 0 Å². The zero-order valence-electron chi connectivity index (χ0n) is 13.3. The van der Waals surface area contributed by atoms with Crippen molar-refractivity contribution in [1.82, 2.24) is 25.0 Å². The van der Waals surface area contributed by atoms with Gasteiger partial charge in [-0.25, -0.2) is 9.67 Å². The average Bonchev–Trinajstić information content (AvgIpc) is 3.17. The summed E-state index contributed by atoms with van der Waals surface area (Å²) in [6.07, 6.45) is 0. The van der Waals surface area contributed by atoms with Crippen LogP contribution in [-0.4, -0.2) is 25.0 Å². The Labute approximate surface area is 155 Å². The molecule has 4 aromatic rings. The molecule has 126 valence electrons. The zero-order chi connectivity index (χ0) is 17.6. The fourth-order valence-electron chi connectivity index (χ4n) is 2.61. The van der Waals surface area contributed by atoms with Gasteiger partial charge in [0.15, 0.2) is 11.2 Å². The maximum atomic E-state index is 5.93. The summed E-state index contributed by atoms with van der Waals surface area (Å²) in [5.74, 6) is 0.194. The van der Waals surface area contributed by atoms with E-state index >= 15 is 0 Å².